The highest BCUT2D eigenvalue weighted by molar-refractivity contribution is 6.31. The van der Waals surface area contributed by atoms with Gasteiger partial charge in [0, 0.05) is 16.9 Å². The molecule has 0 bridgehead atoms. The fourth-order valence-corrected chi connectivity index (χ4v) is 1.73. The number of anilines is 1. The minimum Gasteiger partial charge on any atom is -0.478 e. The molecule has 1 heterocycles. The number of carboxylic acids is 1. The maximum atomic E-state index is 11.8. The van der Waals surface area contributed by atoms with Crippen molar-refractivity contribution in [3.63, 3.8) is 0 Å². The third kappa shape index (κ3) is 3.32. The number of halogens is 1. The average molecular weight is 280 g/mol. The lowest BCUT2D eigenvalue weighted by Gasteiger charge is -2.08. The number of rotatable bonds is 4. The van der Waals surface area contributed by atoms with Gasteiger partial charge in [-0.05, 0) is 24.3 Å². The highest BCUT2D eigenvalue weighted by Crippen LogP contribution is 2.21. The van der Waals surface area contributed by atoms with Crippen molar-refractivity contribution in [2.45, 2.75) is 6.42 Å². The first-order chi connectivity index (χ1) is 9.06. The van der Waals surface area contributed by atoms with E-state index in [1.54, 1.807) is 6.07 Å². The Balaban J connectivity index is 2.16. The van der Waals surface area contributed by atoms with Crippen molar-refractivity contribution in [1.82, 2.24) is 10.2 Å². The lowest BCUT2D eigenvalue weighted by molar-refractivity contribution is -0.115. The summed E-state index contributed by atoms with van der Waals surface area (Å²) in [4.78, 5) is 22.8. The Morgan fingerprint density at radius 2 is 2.16 bits per heavy atom. The van der Waals surface area contributed by atoms with Gasteiger partial charge in [0.2, 0.25) is 5.91 Å². The van der Waals surface area contributed by atoms with E-state index in [9.17, 15) is 9.59 Å². The molecular formula is C12H10ClN3O3. The Kier molecular flexibility index (Phi) is 3.82. The summed E-state index contributed by atoms with van der Waals surface area (Å²) >= 11 is 5.79. The first-order valence-corrected chi connectivity index (χ1v) is 5.75. The number of aromatic carboxylic acids is 1. The van der Waals surface area contributed by atoms with Crippen LogP contribution in [-0.4, -0.2) is 27.2 Å². The number of aromatic nitrogens is 2. The van der Waals surface area contributed by atoms with Crippen LogP contribution in [0.1, 0.15) is 16.1 Å². The Bertz CT molecular complexity index is 611. The third-order valence-electron chi connectivity index (χ3n) is 2.40. The van der Waals surface area contributed by atoms with Gasteiger partial charge >= 0.3 is 5.97 Å². The van der Waals surface area contributed by atoms with Gasteiger partial charge in [-0.15, -0.1) is 0 Å². The van der Waals surface area contributed by atoms with Crippen molar-refractivity contribution in [2.75, 3.05) is 5.32 Å². The Labute approximate surface area is 113 Å². The van der Waals surface area contributed by atoms with Gasteiger partial charge < -0.3 is 10.4 Å². The molecule has 0 unspecified atom stereocenters. The fraction of sp³-hybridized carbons (Fsp3) is 0.0833. The number of aromatic amines is 1. The summed E-state index contributed by atoms with van der Waals surface area (Å²) in [6, 6.07) is 5.86. The number of carboxylic acid groups (broad SMARTS) is 1. The number of benzene rings is 1. The van der Waals surface area contributed by atoms with E-state index in [2.05, 4.69) is 15.5 Å². The molecule has 0 saturated carbocycles. The lowest BCUT2D eigenvalue weighted by atomic mass is 10.1. The Morgan fingerprint density at radius 3 is 2.79 bits per heavy atom. The molecule has 0 radical (unpaired) electrons. The molecule has 1 amide bonds. The van der Waals surface area contributed by atoms with E-state index in [1.807, 2.05) is 0 Å². The standard InChI is InChI=1S/C12H10ClN3O3/c13-7-1-2-9(12(18)19)10(5-7)15-11(17)6-8-3-4-14-16-8/h1-5H,6H2,(H,14,16)(H,15,17)(H,18,19). The molecule has 19 heavy (non-hydrogen) atoms. The molecule has 2 aromatic rings. The van der Waals surface area contributed by atoms with Gasteiger partial charge in [-0.1, -0.05) is 11.6 Å². The molecule has 1 aromatic carbocycles. The minimum atomic E-state index is -1.13. The maximum Gasteiger partial charge on any atom is 0.337 e. The second-order valence-electron chi connectivity index (χ2n) is 3.80. The smallest absolute Gasteiger partial charge is 0.337 e. The highest BCUT2D eigenvalue weighted by atomic mass is 35.5. The fourth-order valence-electron chi connectivity index (χ4n) is 1.56. The van der Waals surface area contributed by atoms with E-state index in [0.29, 0.717) is 10.7 Å². The zero-order chi connectivity index (χ0) is 13.8. The van der Waals surface area contributed by atoms with Crippen LogP contribution in [0.2, 0.25) is 5.02 Å². The van der Waals surface area contributed by atoms with Gasteiger partial charge in [0.1, 0.15) is 0 Å². The van der Waals surface area contributed by atoms with Gasteiger partial charge in [-0.3, -0.25) is 9.89 Å². The summed E-state index contributed by atoms with van der Waals surface area (Å²) in [5.74, 6) is -1.48. The van der Waals surface area contributed by atoms with Crippen LogP contribution in [0.5, 0.6) is 0 Å². The van der Waals surface area contributed by atoms with E-state index < -0.39 is 5.97 Å². The molecule has 6 nitrogen and oxygen atoms in total. The topological polar surface area (TPSA) is 95.1 Å². The van der Waals surface area contributed by atoms with Crippen LogP contribution < -0.4 is 5.32 Å². The van der Waals surface area contributed by atoms with E-state index in [4.69, 9.17) is 16.7 Å². The number of hydrogen-bond acceptors (Lipinski definition) is 3. The van der Waals surface area contributed by atoms with Crippen LogP contribution in [0.3, 0.4) is 0 Å². The summed E-state index contributed by atoms with van der Waals surface area (Å²) in [5, 5.41) is 18.3. The van der Waals surface area contributed by atoms with E-state index in [1.165, 1.54) is 24.4 Å². The number of H-pyrrole nitrogens is 1. The van der Waals surface area contributed by atoms with Gasteiger partial charge in [0.25, 0.3) is 0 Å². The second kappa shape index (κ2) is 5.53. The Morgan fingerprint density at radius 1 is 1.37 bits per heavy atom. The number of nitrogens with one attached hydrogen (secondary N) is 2. The highest BCUT2D eigenvalue weighted by Gasteiger charge is 2.13. The summed E-state index contributed by atoms with van der Waals surface area (Å²) < 4.78 is 0. The monoisotopic (exact) mass is 279 g/mol. The van der Waals surface area contributed by atoms with Crippen LogP contribution in [0.25, 0.3) is 0 Å². The lowest BCUT2D eigenvalue weighted by Crippen LogP contribution is -2.17. The van der Waals surface area contributed by atoms with Crippen molar-refractivity contribution in [1.29, 1.82) is 0 Å². The van der Waals surface area contributed by atoms with Crippen molar-refractivity contribution in [3.8, 4) is 0 Å². The predicted octanol–water partition coefficient (Wildman–Crippen LogP) is 1.94. The number of hydrogen-bond donors (Lipinski definition) is 3. The van der Waals surface area contributed by atoms with Gasteiger partial charge in [-0.25, -0.2) is 4.79 Å². The van der Waals surface area contributed by atoms with Gasteiger partial charge in [0.05, 0.1) is 17.7 Å². The Hall–Kier alpha value is -2.34. The molecule has 3 N–H and O–H groups in total. The number of amides is 1. The molecule has 0 aliphatic carbocycles. The van der Waals surface area contributed by atoms with Crippen LogP contribution in [-0.2, 0) is 11.2 Å². The second-order valence-corrected chi connectivity index (χ2v) is 4.24. The maximum absolute atomic E-state index is 11.8. The number of carbonyl (C=O) groups is 2. The number of nitrogens with zero attached hydrogens (tertiary/aromatic N) is 1. The first kappa shape index (κ1) is 13.1. The molecule has 0 aliphatic rings. The molecule has 0 aliphatic heterocycles. The van der Waals surface area contributed by atoms with Crippen molar-refractivity contribution >= 4 is 29.2 Å². The van der Waals surface area contributed by atoms with Crippen LogP contribution in [0.15, 0.2) is 30.5 Å². The molecule has 98 valence electrons. The molecule has 0 spiro atoms. The normalized spacial score (nSPS) is 10.2. The zero-order valence-corrected chi connectivity index (χ0v) is 10.4. The van der Waals surface area contributed by atoms with Crippen molar-refractivity contribution in [2.24, 2.45) is 0 Å². The summed E-state index contributed by atoms with van der Waals surface area (Å²) in [6.07, 6.45) is 1.61. The van der Waals surface area contributed by atoms with E-state index in [0.717, 1.165) is 0 Å². The van der Waals surface area contributed by atoms with Gasteiger partial charge in [-0.2, -0.15) is 5.10 Å². The first-order valence-electron chi connectivity index (χ1n) is 5.37. The molecule has 0 saturated heterocycles. The molecular weight excluding hydrogens is 270 g/mol. The average Bonchev–Trinajstić information content (AvgIpc) is 2.81. The molecule has 1 aromatic heterocycles. The van der Waals surface area contributed by atoms with Crippen molar-refractivity contribution < 1.29 is 14.7 Å². The van der Waals surface area contributed by atoms with E-state index >= 15 is 0 Å². The number of carbonyl (C=O) groups excluding carboxylic acids is 1. The van der Waals surface area contributed by atoms with E-state index in [-0.39, 0.29) is 23.6 Å². The summed E-state index contributed by atoms with van der Waals surface area (Å²) in [6.45, 7) is 0. The summed E-state index contributed by atoms with van der Waals surface area (Å²) in [5.41, 5.74) is 0.795. The van der Waals surface area contributed by atoms with Crippen LogP contribution >= 0.6 is 11.6 Å². The third-order valence-corrected chi connectivity index (χ3v) is 2.63. The molecule has 0 atom stereocenters. The predicted molar refractivity (Wildman–Crippen MR) is 69.3 cm³/mol. The molecule has 7 heteroatoms. The largest absolute Gasteiger partial charge is 0.478 e. The van der Waals surface area contributed by atoms with Crippen molar-refractivity contribution in [3.05, 3.63) is 46.7 Å². The quantitative estimate of drug-likeness (QED) is 0.797. The van der Waals surface area contributed by atoms with Gasteiger partial charge in [0.15, 0.2) is 0 Å². The van der Waals surface area contributed by atoms with Crippen LogP contribution in [0, 0.1) is 0 Å². The zero-order valence-electron chi connectivity index (χ0n) is 9.68. The van der Waals surface area contributed by atoms with Crippen LogP contribution in [0.4, 0.5) is 5.69 Å². The molecule has 0 fully saturated rings. The molecule has 2 rings (SSSR count). The minimum absolute atomic E-state index is 0.0117. The summed E-state index contributed by atoms with van der Waals surface area (Å²) in [7, 11) is 0. The SMILES string of the molecule is O=C(Cc1ccn[nH]1)Nc1cc(Cl)ccc1C(=O)O.